The molecule has 0 bridgehead atoms. The van der Waals surface area contributed by atoms with Crippen LogP contribution in [0.4, 0.5) is 0 Å². The maximum absolute atomic E-state index is 12.6. The first-order chi connectivity index (χ1) is 13.7. The molecule has 1 N–H and O–H groups in total. The monoisotopic (exact) mass is 400 g/mol. The molecule has 1 atom stereocenters. The summed E-state index contributed by atoms with van der Waals surface area (Å²) in [6, 6.07) is 15.0. The van der Waals surface area contributed by atoms with Crippen LogP contribution in [0.2, 0.25) is 5.02 Å². The average molecular weight is 401 g/mol. The van der Waals surface area contributed by atoms with Crippen molar-refractivity contribution in [2.24, 2.45) is 0 Å². The minimum atomic E-state index is -0.109. The lowest BCUT2D eigenvalue weighted by Gasteiger charge is -2.35. The van der Waals surface area contributed by atoms with E-state index in [0.717, 1.165) is 18.7 Å². The molecular weight excluding hydrogens is 376 g/mol. The predicted octanol–water partition coefficient (Wildman–Crippen LogP) is 3.71. The largest absolute Gasteiger partial charge is 0.490 e. The van der Waals surface area contributed by atoms with Crippen molar-refractivity contribution in [2.45, 2.75) is 6.04 Å². The number of amides is 1. The summed E-state index contributed by atoms with van der Waals surface area (Å²) in [6.07, 6.45) is 1.68. The fourth-order valence-electron chi connectivity index (χ4n) is 3.18. The molecule has 0 spiro atoms. The molecule has 1 fully saturated rings. The summed E-state index contributed by atoms with van der Waals surface area (Å²) in [4.78, 5) is 14.9. The molecule has 1 amide bonds. The van der Waals surface area contributed by atoms with Gasteiger partial charge in [-0.1, -0.05) is 36.4 Å². The Balaban J connectivity index is 1.65. The molecule has 28 heavy (non-hydrogen) atoms. The molecule has 3 rings (SSSR count). The van der Waals surface area contributed by atoms with Gasteiger partial charge in [0.1, 0.15) is 12.4 Å². The Bertz CT molecular complexity index is 771. The van der Waals surface area contributed by atoms with Gasteiger partial charge in [0.2, 0.25) is 0 Å². The number of ether oxygens (including phenoxy) is 2. The van der Waals surface area contributed by atoms with Gasteiger partial charge in [-0.25, -0.2) is 0 Å². The smallest absolute Gasteiger partial charge is 0.251 e. The molecule has 0 unspecified atom stereocenters. The highest BCUT2D eigenvalue weighted by molar-refractivity contribution is 6.30. The Labute approximate surface area is 170 Å². The van der Waals surface area contributed by atoms with Crippen molar-refractivity contribution in [3.63, 3.8) is 0 Å². The normalized spacial score (nSPS) is 15.6. The number of carbonyl (C=O) groups is 1. The fourth-order valence-corrected chi connectivity index (χ4v) is 3.31. The highest BCUT2D eigenvalue weighted by Gasteiger charge is 2.23. The Morgan fingerprint density at radius 2 is 1.86 bits per heavy atom. The van der Waals surface area contributed by atoms with E-state index >= 15 is 0 Å². The van der Waals surface area contributed by atoms with Gasteiger partial charge in [0.25, 0.3) is 5.91 Å². The quantitative estimate of drug-likeness (QED) is 0.686. The van der Waals surface area contributed by atoms with E-state index in [1.807, 2.05) is 24.3 Å². The van der Waals surface area contributed by atoms with Crippen molar-refractivity contribution in [3.05, 3.63) is 77.3 Å². The van der Waals surface area contributed by atoms with E-state index in [4.69, 9.17) is 21.1 Å². The summed E-state index contributed by atoms with van der Waals surface area (Å²) in [6.45, 7) is 7.63. The van der Waals surface area contributed by atoms with Gasteiger partial charge in [-0.2, -0.15) is 0 Å². The first-order valence-electron chi connectivity index (χ1n) is 9.36. The molecule has 1 saturated heterocycles. The maximum Gasteiger partial charge on any atom is 0.251 e. The summed E-state index contributed by atoms with van der Waals surface area (Å²) >= 11 is 6.04. The zero-order valence-electron chi connectivity index (χ0n) is 15.8. The van der Waals surface area contributed by atoms with E-state index in [9.17, 15) is 4.79 Å². The SMILES string of the molecule is C=CCOc1ccc(C(=O)NC[C@H](c2ccc(Cl)cc2)N2CCOCC2)cc1. The molecule has 0 saturated carbocycles. The molecule has 2 aromatic carbocycles. The van der Waals surface area contributed by atoms with Gasteiger partial charge in [-0.3, -0.25) is 9.69 Å². The van der Waals surface area contributed by atoms with Crippen molar-refractivity contribution >= 4 is 17.5 Å². The van der Waals surface area contributed by atoms with Crippen LogP contribution in [0.25, 0.3) is 0 Å². The molecule has 0 radical (unpaired) electrons. The minimum Gasteiger partial charge on any atom is -0.490 e. The lowest BCUT2D eigenvalue weighted by molar-refractivity contribution is 0.0162. The lowest BCUT2D eigenvalue weighted by Crippen LogP contribution is -2.43. The Morgan fingerprint density at radius 1 is 1.18 bits per heavy atom. The third-order valence-corrected chi connectivity index (χ3v) is 4.93. The molecule has 5 nitrogen and oxygen atoms in total. The summed E-state index contributed by atoms with van der Waals surface area (Å²) < 4.78 is 10.9. The number of nitrogens with one attached hydrogen (secondary N) is 1. The van der Waals surface area contributed by atoms with Crippen LogP contribution >= 0.6 is 11.6 Å². The van der Waals surface area contributed by atoms with E-state index in [2.05, 4.69) is 16.8 Å². The van der Waals surface area contributed by atoms with Crippen LogP contribution in [0.1, 0.15) is 22.0 Å². The summed E-state index contributed by atoms with van der Waals surface area (Å²) in [5, 5.41) is 3.76. The molecule has 148 valence electrons. The zero-order chi connectivity index (χ0) is 19.8. The van der Waals surface area contributed by atoms with Gasteiger partial charge in [0.15, 0.2) is 0 Å². The van der Waals surface area contributed by atoms with Crippen molar-refractivity contribution in [1.29, 1.82) is 0 Å². The Kier molecular flexibility index (Phi) is 7.48. The number of hydrogen-bond donors (Lipinski definition) is 1. The standard InChI is InChI=1S/C22H25ClN2O3/c1-2-13-28-20-9-5-18(6-10-20)22(26)24-16-21(25-11-14-27-15-12-25)17-3-7-19(23)8-4-17/h2-10,21H,1,11-16H2,(H,24,26)/t21-/m1/s1. The third-order valence-electron chi connectivity index (χ3n) is 4.68. The van der Waals surface area contributed by atoms with Gasteiger partial charge >= 0.3 is 0 Å². The van der Waals surface area contributed by atoms with E-state index < -0.39 is 0 Å². The average Bonchev–Trinajstić information content (AvgIpc) is 2.74. The second-order valence-electron chi connectivity index (χ2n) is 6.55. The summed E-state index contributed by atoms with van der Waals surface area (Å²) in [7, 11) is 0. The Morgan fingerprint density at radius 3 is 2.50 bits per heavy atom. The van der Waals surface area contributed by atoms with Gasteiger partial charge in [0, 0.05) is 30.2 Å². The zero-order valence-corrected chi connectivity index (χ0v) is 16.5. The molecular formula is C22H25ClN2O3. The first kappa shape index (κ1) is 20.4. The van der Waals surface area contributed by atoms with Crippen LogP contribution in [0.5, 0.6) is 5.75 Å². The molecule has 6 heteroatoms. The maximum atomic E-state index is 12.6. The molecule has 0 aromatic heterocycles. The Hall–Kier alpha value is -2.34. The molecule has 1 aliphatic heterocycles. The van der Waals surface area contributed by atoms with Crippen molar-refractivity contribution < 1.29 is 14.3 Å². The number of benzene rings is 2. The van der Waals surface area contributed by atoms with Crippen molar-refractivity contribution in [3.8, 4) is 5.75 Å². The topological polar surface area (TPSA) is 50.8 Å². The predicted molar refractivity (Wildman–Crippen MR) is 111 cm³/mol. The van der Waals surface area contributed by atoms with E-state index in [1.165, 1.54) is 0 Å². The molecule has 1 aliphatic rings. The third kappa shape index (κ3) is 5.58. The number of halogens is 1. The number of hydrogen-bond acceptors (Lipinski definition) is 4. The second kappa shape index (κ2) is 10.3. The second-order valence-corrected chi connectivity index (χ2v) is 6.99. The number of carbonyl (C=O) groups excluding carboxylic acids is 1. The summed E-state index contributed by atoms with van der Waals surface area (Å²) in [5.41, 5.74) is 1.72. The van der Waals surface area contributed by atoms with Gasteiger partial charge in [-0.15, -0.1) is 0 Å². The van der Waals surface area contributed by atoms with E-state index in [-0.39, 0.29) is 11.9 Å². The van der Waals surface area contributed by atoms with Crippen LogP contribution in [0.3, 0.4) is 0 Å². The lowest BCUT2D eigenvalue weighted by atomic mass is 10.0. The number of nitrogens with zero attached hydrogens (tertiary/aromatic N) is 1. The van der Waals surface area contributed by atoms with Gasteiger partial charge in [-0.05, 0) is 42.0 Å². The van der Waals surface area contributed by atoms with Gasteiger partial charge < -0.3 is 14.8 Å². The highest BCUT2D eigenvalue weighted by atomic mass is 35.5. The highest BCUT2D eigenvalue weighted by Crippen LogP contribution is 2.23. The van der Waals surface area contributed by atoms with Crippen LogP contribution < -0.4 is 10.1 Å². The first-order valence-corrected chi connectivity index (χ1v) is 9.74. The minimum absolute atomic E-state index is 0.0697. The molecule has 1 heterocycles. The van der Waals surface area contributed by atoms with Gasteiger partial charge in [0.05, 0.1) is 19.3 Å². The number of rotatable bonds is 8. The van der Waals surface area contributed by atoms with Crippen LogP contribution in [0, 0.1) is 0 Å². The number of morpholine rings is 1. The van der Waals surface area contributed by atoms with Crippen molar-refractivity contribution in [1.82, 2.24) is 10.2 Å². The fraction of sp³-hybridized carbons (Fsp3) is 0.318. The van der Waals surface area contributed by atoms with Crippen LogP contribution in [-0.4, -0.2) is 50.3 Å². The summed E-state index contributed by atoms with van der Waals surface area (Å²) in [5.74, 6) is 0.603. The van der Waals surface area contributed by atoms with Crippen molar-refractivity contribution in [2.75, 3.05) is 39.5 Å². The molecule has 0 aliphatic carbocycles. The van der Waals surface area contributed by atoms with Crippen LogP contribution in [0.15, 0.2) is 61.2 Å². The van der Waals surface area contributed by atoms with E-state index in [0.29, 0.717) is 42.7 Å². The molecule has 2 aromatic rings. The van der Waals surface area contributed by atoms with E-state index in [1.54, 1.807) is 30.3 Å². The van der Waals surface area contributed by atoms with Crippen LogP contribution in [-0.2, 0) is 4.74 Å².